The van der Waals surface area contributed by atoms with Gasteiger partial charge in [0.15, 0.2) is 11.5 Å². The maximum Gasteiger partial charge on any atom is 0.305 e. The molecule has 162 valence electrons. The molecular formula is C23H29NO6. The molecule has 0 spiro atoms. The van der Waals surface area contributed by atoms with Crippen LogP contribution >= 0.6 is 0 Å². The molecule has 1 aliphatic heterocycles. The molecule has 1 atom stereocenters. The van der Waals surface area contributed by atoms with Gasteiger partial charge in [-0.1, -0.05) is 25.1 Å². The Kier molecular flexibility index (Phi) is 7.93. The van der Waals surface area contributed by atoms with Gasteiger partial charge in [-0.3, -0.25) is 9.69 Å². The van der Waals surface area contributed by atoms with E-state index in [0.29, 0.717) is 26.1 Å². The highest BCUT2D eigenvalue weighted by molar-refractivity contribution is 5.69. The number of hydrogen-bond acceptors (Lipinski definition) is 7. The standard InChI is InChI=1S/C23H29NO6/c1-3-5-23(26)28-15-19(25)14-24(12-17-6-4-7-20(10-17)27-2)13-18-8-9-21-22(11-18)30-16-29-21/h4,6-11,19,25H,3,5,12-16H2,1-2H3/t19-/m0/s1. The first-order valence-corrected chi connectivity index (χ1v) is 10.1. The largest absolute Gasteiger partial charge is 0.497 e. The number of ether oxygens (including phenoxy) is 4. The number of nitrogens with zero attached hydrogens (tertiary/aromatic N) is 1. The average molecular weight is 415 g/mol. The summed E-state index contributed by atoms with van der Waals surface area (Å²) in [6, 6.07) is 13.7. The van der Waals surface area contributed by atoms with E-state index in [0.717, 1.165) is 34.8 Å². The number of esters is 1. The van der Waals surface area contributed by atoms with Crippen molar-refractivity contribution in [2.24, 2.45) is 0 Å². The zero-order valence-electron chi connectivity index (χ0n) is 17.5. The van der Waals surface area contributed by atoms with Crippen molar-refractivity contribution >= 4 is 5.97 Å². The topological polar surface area (TPSA) is 77.5 Å². The Hall–Kier alpha value is -2.77. The van der Waals surface area contributed by atoms with E-state index in [-0.39, 0.29) is 19.4 Å². The molecular weight excluding hydrogens is 386 g/mol. The summed E-state index contributed by atoms with van der Waals surface area (Å²) in [6.45, 7) is 3.67. The van der Waals surface area contributed by atoms with Gasteiger partial charge in [-0.25, -0.2) is 0 Å². The molecule has 2 aromatic carbocycles. The normalized spacial score (nSPS) is 13.3. The molecule has 0 bridgehead atoms. The first-order chi connectivity index (χ1) is 14.6. The van der Waals surface area contributed by atoms with Crippen LogP contribution in [0, 0.1) is 0 Å². The van der Waals surface area contributed by atoms with Crippen molar-refractivity contribution in [2.45, 2.75) is 39.0 Å². The molecule has 0 amide bonds. The minimum Gasteiger partial charge on any atom is -0.497 e. The quantitative estimate of drug-likeness (QED) is 0.565. The molecule has 1 aliphatic rings. The fourth-order valence-electron chi connectivity index (χ4n) is 3.33. The molecule has 0 radical (unpaired) electrons. The van der Waals surface area contributed by atoms with Gasteiger partial charge in [-0.15, -0.1) is 0 Å². The molecule has 2 aromatic rings. The van der Waals surface area contributed by atoms with E-state index in [2.05, 4.69) is 4.90 Å². The molecule has 1 N–H and O–H groups in total. The van der Waals surface area contributed by atoms with Gasteiger partial charge in [-0.05, 0) is 41.8 Å². The molecule has 7 heteroatoms. The number of aliphatic hydroxyl groups excluding tert-OH is 1. The Morgan fingerprint density at radius 2 is 1.90 bits per heavy atom. The zero-order chi connectivity index (χ0) is 21.3. The highest BCUT2D eigenvalue weighted by atomic mass is 16.7. The molecule has 0 unspecified atom stereocenters. The minimum atomic E-state index is -0.787. The van der Waals surface area contributed by atoms with Gasteiger partial charge in [0.2, 0.25) is 6.79 Å². The van der Waals surface area contributed by atoms with Gasteiger partial charge >= 0.3 is 5.97 Å². The van der Waals surface area contributed by atoms with Crippen molar-refractivity contribution in [3.8, 4) is 17.2 Å². The Balaban J connectivity index is 1.68. The zero-order valence-corrected chi connectivity index (χ0v) is 17.5. The van der Waals surface area contributed by atoms with Crippen LogP contribution in [0.2, 0.25) is 0 Å². The summed E-state index contributed by atoms with van der Waals surface area (Å²) in [7, 11) is 1.64. The van der Waals surface area contributed by atoms with Crippen LogP contribution in [0.4, 0.5) is 0 Å². The van der Waals surface area contributed by atoms with Crippen LogP contribution < -0.4 is 14.2 Å². The van der Waals surface area contributed by atoms with Gasteiger partial charge < -0.3 is 24.1 Å². The molecule has 7 nitrogen and oxygen atoms in total. The number of carbonyl (C=O) groups is 1. The van der Waals surface area contributed by atoms with Crippen molar-refractivity contribution in [1.29, 1.82) is 0 Å². The van der Waals surface area contributed by atoms with Gasteiger partial charge in [0.05, 0.1) is 7.11 Å². The van der Waals surface area contributed by atoms with Gasteiger partial charge in [0.25, 0.3) is 0 Å². The first-order valence-electron chi connectivity index (χ1n) is 10.1. The minimum absolute atomic E-state index is 0.0193. The second-order valence-corrected chi connectivity index (χ2v) is 7.30. The van der Waals surface area contributed by atoms with Crippen molar-refractivity contribution in [3.05, 3.63) is 53.6 Å². The smallest absolute Gasteiger partial charge is 0.305 e. The van der Waals surface area contributed by atoms with Crippen molar-refractivity contribution in [2.75, 3.05) is 27.1 Å². The monoisotopic (exact) mass is 415 g/mol. The highest BCUT2D eigenvalue weighted by Gasteiger charge is 2.18. The third-order valence-electron chi connectivity index (χ3n) is 4.74. The maximum atomic E-state index is 11.6. The maximum absolute atomic E-state index is 11.6. The summed E-state index contributed by atoms with van der Waals surface area (Å²) in [5, 5.41) is 10.5. The van der Waals surface area contributed by atoms with Crippen molar-refractivity contribution in [1.82, 2.24) is 4.90 Å². The predicted molar refractivity (Wildman–Crippen MR) is 112 cm³/mol. The number of benzene rings is 2. The molecule has 0 fully saturated rings. The second kappa shape index (κ2) is 10.8. The van der Waals surface area contributed by atoms with E-state index < -0.39 is 6.10 Å². The summed E-state index contributed by atoms with van der Waals surface area (Å²) in [5.74, 6) is 1.96. The summed E-state index contributed by atoms with van der Waals surface area (Å²) in [6.07, 6.45) is 0.295. The fourth-order valence-corrected chi connectivity index (χ4v) is 3.33. The average Bonchev–Trinajstić information content (AvgIpc) is 3.20. The lowest BCUT2D eigenvalue weighted by atomic mass is 10.1. The molecule has 0 saturated carbocycles. The fraction of sp³-hybridized carbons (Fsp3) is 0.435. The summed E-state index contributed by atoms with van der Waals surface area (Å²) in [5.41, 5.74) is 2.10. The van der Waals surface area contributed by atoms with Gasteiger partial charge in [0, 0.05) is 26.1 Å². The van der Waals surface area contributed by atoms with Crippen LogP contribution in [0.25, 0.3) is 0 Å². The number of carbonyl (C=O) groups excluding carboxylic acids is 1. The van der Waals surface area contributed by atoms with E-state index in [9.17, 15) is 9.90 Å². The Labute approximate surface area is 177 Å². The van der Waals surface area contributed by atoms with Crippen LogP contribution in [0.1, 0.15) is 30.9 Å². The third kappa shape index (κ3) is 6.37. The van der Waals surface area contributed by atoms with Crippen molar-refractivity contribution < 1.29 is 28.8 Å². The molecule has 1 heterocycles. The molecule has 0 aliphatic carbocycles. The third-order valence-corrected chi connectivity index (χ3v) is 4.74. The SMILES string of the molecule is CCCC(=O)OC[C@@H](O)CN(Cc1cccc(OC)c1)Cc1ccc2c(c1)OCO2. The summed E-state index contributed by atoms with van der Waals surface area (Å²) >= 11 is 0. The lowest BCUT2D eigenvalue weighted by Crippen LogP contribution is -2.34. The van der Waals surface area contributed by atoms with Crippen LogP contribution in [0.15, 0.2) is 42.5 Å². The summed E-state index contributed by atoms with van der Waals surface area (Å²) < 4.78 is 21.3. The van der Waals surface area contributed by atoms with E-state index in [1.807, 2.05) is 49.4 Å². The first kappa shape index (κ1) is 21.9. The Bertz CT molecular complexity index is 840. The van der Waals surface area contributed by atoms with Crippen LogP contribution in [-0.4, -0.2) is 49.1 Å². The lowest BCUT2D eigenvalue weighted by molar-refractivity contribution is -0.147. The molecule has 3 rings (SSSR count). The van der Waals surface area contributed by atoms with Gasteiger partial charge in [-0.2, -0.15) is 0 Å². The van der Waals surface area contributed by atoms with Crippen molar-refractivity contribution in [3.63, 3.8) is 0 Å². The van der Waals surface area contributed by atoms with E-state index in [1.54, 1.807) is 7.11 Å². The van der Waals surface area contributed by atoms with E-state index in [4.69, 9.17) is 18.9 Å². The number of rotatable bonds is 11. The predicted octanol–water partition coefficient (Wildman–Crippen LogP) is 3.13. The highest BCUT2D eigenvalue weighted by Crippen LogP contribution is 2.33. The lowest BCUT2D eigenvalue weighted by Gasteiger charge is -2.25. The molecule has 0 aromatic heterocycles. The summed E-state index contributed by atoms with van der Waals surface area (Å²) in [4.78, 5) is 13.7. The van der Waals surface area contributed by atoms with Crippen LogP contribution in [-0.2, 0) is 22.6 Å². The number of aliphatic hydroxyl groups is 1. The van der Waals surface area contributed by atoms with Crippen LogP contribution in [0.5, 0.6) is 17.2 Å². The van der Waals surface area contributed by atoms with Crippen LogP contribution in [0.3, 0.4) is 0 Å². The number of fused-ring (bicyclic) bond motifs is 1. The number of methoxy groups -OCH3 is 1. The molecule has 30 heavy (non-hydrogen) atoms. The number of hydrogen-bond donors (Lipinski definition) is 1. The van der Waals surface area contributed by atoms with Gasteiger partial charge in [0.1, 0.15) is 18.5 Å². The van der Waals surface area contributed by atoms with E-state index in [1.165, 1.54) is 0 Å². The van der Waals surface area contributed by atoms with E-state index >= 15 is 0 Å². The second-order valence-electron chi connectivity index (χ2n) is 7.30. The Morgan fingerprint density at radius 3 is 2.67 bits per heavy atom. The molecule has 0 saturated heterocycles. The Morgan fingerprint density at radius 1 is 1.13 bits per heavy atom.